The number of rotatable bonds is 4. The molecule has 4 heteroatoms. The summed E-state index contributed by atoms with van der Waals surface area (Å²) in [4.78, 5) is 12.0. The zero-order valence-electron chi connectivity index (χ0n) is 17.3. The van der Waals surface area contributed by atoms with Crippen LogP contribution in [0.4, 0.5) is 0 Å². The highest BCUT2D eigenvalue weighted by molar-refractivity contribution is 6.30. The van der Waals surface area contributed by atoms with Gasteiger partial charge >= 0.3 is 0 Å². The number of nitrogens with zero attached hydrogens (tertiary/aromatic N) is 3. The van der Waals surface area contributed by atoms with E-state index in [-0.39, 0.29) is 0 Å². The molecular formula is C24H30ClN3. The first-order valence-corrected chi connectivity index (χ1v) is 10.8. The van der Waals surface area contributed by atoms with Gasteiger partial charge in [-0.2, -0.15) is 0 Å². The van der Waals surface area contributed by atoms with Crippen LogP contribution in [0.15, 0.2) is 41.6 Å². The standard InChI is InChI=1S/C24H30ClN3/c1-17-5-4-12-24(2,3)21(17)10-13-28-14-11-22-19(16-28)15-26-23(27-22)18-6-8-20(25)9-7-18/h6-9,15H,4-5,10-14,16H2,1-3H3. The Morgan fingerprint density at radius 3 is 2.68 bits per heavy atom. The maximum absolute atomic E-state index is 5.99. The molecule has 0 saturated carbocycles. The van der Waals surface area contributed by atoms with Gasteiger partial charge in [-0.25, -0.2) is 9.97 Å². The van der Waals surface area contributed by atoms with E-state index in [4.69, 9.17) is 16.6 Å². The molecule has 2 aromatic rings. The first-order valence-electron chi connectivity index (χ1n) is 10.4. The number of hydrogen-bond acceptors (Lipinski definition) is 3. The Hall–Kier alpha value is -1.71. The zero-order chi connectivity index (χ0) is 19.7. The fraction of sp³-hybridized carbons (Fsp3) is 0.500. The third-order valence-electron chi connectivity index (χ3n) is 6.48. The van der Waals surface area contributed by atoms with E-state index in [0.29, 0.717) is 5.41 Å². The number of hydrogen-bond donors (Lipinski definition) is 0. The molecule has 0 atom stereocenters. The smallest absolute Gasteiger partial charge is 0.159 e. The molecule has 0 unspecified atom stereocenters. The Bertz CT molecular complexity index is 883. The van der Waals surface area contributed by atoms with Crippen molar-refractivity contribution < 1.29 is 0 Å². The topological polar surface area (TPSA) is 29.0 Å². The molecule has 1 aliphatic heterocycles. The molecule has 0 radical (unpaired) electrons. The average molecular weight is 396 g/mol. The van der Waals surface area contributed by atoms with Crippen LogP contribution in [0.25, 0.3) is 11.4 Å². The summed E-state index contributed by atoms with van der Waals surface area (Å²) in [5, 5.41) is 0.740. The summed E-state index contributed by atoms with van der Waals surface area (Å²) < 4.78 is 0. The van der Waals surface area contributed by atoms with Gasteiger partial charge in [0.2, 0.25) is 0 Å². The van der Waals surface area contributed by atoms with Crippen molar-refractivity contribution in [1.29, 1.82) is 0 Å². The van der Waals surface area contributed by atoms with Crippen molar-refractivity contribution in [3.63, 3.8) is 0 Å². The van der Waals surface area contributed by atoms with Crippen LogP contribution in [0, 0.1) is 5.41 Å². The van der Waals surface area contributed by atoms with Gasteiger partial charge in [-0.1, -0.05) is 36.6 Å². The second-order valence-corrected chi connectivity index (χ2v) is 9.38. The van der Waals surface area contributed by atoms with E-state index in [0.717, 1.165) is 42.5 Å². The van der Waals surface area contributed by atoms with Gasteiger partial charge in [0.1, 0.15) is 0 Å². The van der Waals surface area contributed by atoms with Crippen LogP contribution >= 0.6 is 11.6 Å². The van der Waals surface area contributed by atoms with E-state index in [1.165, 1.54) is 36.9 Å². The van der Waals surface area contributed by atoms with Crippen molar-refractivity contribution in [1.82, 2.24) is 14.9 Å². The van der Waals surface area contributed by atoms with Gasteiger partial charge in [-0.15, -0.1) is 0 Å². The Balaban J connectivity index is 1.43. The van der Waals surface area contributed by atoms with Crippen LogP contribution in [0.1, 0.15) is 57.7 Å². The Morgan fingerprint density at radius 1 is 1.14 bits per heavy atom. The first kappa shape index (κ1) is 19.6. The molecule has 1 aliphatic carbocycles. The van der Waals surface area contributed by atoms with Crippen molar-refractivity contribution in [2.45, 2.75) is 59.4 Å². The molecular weight excluding hydrogens is 366 g/mol. The largest absolute Gasteiger partial charge is 0.298 e. The lowest BCUT2D eigenvalue weighted by Gasteiger charge is -2.36. The maximum atomic E-state index is 5.99. The van der Waals surface area contributed by atoms with Gasteiger partial charge in [0.15, 0.2) is 5.82 Å². The average Bonchev–Trinajstić information content (AvgIpc) is 2.67. The molecule has 0 bridgehead atoms. The summed E-state index contributed by atoms with van der Waals surface area (Å²) in [6.45, 7) is 10.4. The van der Waals surface area contributed by atoms with E-state index < -0.39 is 0 Å². The van der Waals surface area contributed by atoms with E-state index in [2.05, 4.69) is 30.7 Å². The molecule has 148 valence electrons. The lowest BCUT2D eigenvalue weighted by molar-refractivity contribution is 0.243. The van der Waals surface area contributed by atoms with E-state index >= 15 is 0 Å². The number of allylic oxidation sites excluding steroid dienone is 1. The third-order valence-corrected chi connectivity index (χ3v) is 6.73. The Morgan fingerprint density at radius 2 is 1.93 bits per heavy atom. The number of halogens is 1. The van der Waals surface area contributed by atoms with Crippen LogP contribution in [0.3, 0.4) is 0 Å². The minimum atomic E-state index is 0.368. The van der Waals surface area contributed by atoms with E-state index in [1.54, 1.807) is 11.1 Å². The molecule has 2 aliphatic rings. The minimum absolute atomic E-state index is 0.368. The lowest BCUT2D eigenvalue weighted by Crippen LogP contribution is -2.33. The van der Waals surface area contributed by atoms with Gasteiger partial charge in [0.25, 0.3) is 0 Å². The summed E-state index contributed by atoms with van der Waals surface area (Å²) in [7, 11) is 0. The molecule has 0 fully saturated rings. The molecule has 28 heavy (non-hydrogen) atoms. The molecule has 0 spiro atoms. The van der Waals surface area contributed by atoms with Crippen LogP contribution in [-0.2, 0) is 13.0 Å². The Kier molecular flexibility index (Phi) is 5.57. The SMILES string of the molecule is CC1=C(CCN2CCc3nc(-c4ccc(Cl)cc4)ncc3C2)C(C)(C)CCC1. The van der Waals surface area contributed by atoms with E-state index in [1.807, 2.05) is 30.5 Å². The molecule has 2 heterocycles. The predicted octanol–water partition coefficient (Wildman–Crippen LogP) is 6.07. The molecule has 1 aromatic carbocycles. The zero-order valence-corrected chi connectivity index (χ0v) is 18.0. The van der Waals surface area contributed by atoms with Gasteiger partial charge in [0.05, 0.1) is 5.69 Å². The highest BCUT2D eigenvalue weighted by Crippen LogP contribution is 2.41. The molecule has 4 rings (SSSR count). The molecule has 3 nitrogen and oxygen atoms in total. The maximum Gasteiger partial charge on any atom is 0.159 e. The summed E-state index contributed by atoms with van der Waals surface area (Å²) >= 11 is 5.99. The second-order valence-electron chi connectivity index (χ2n) is 8.94. The van der Waals surface area contributed by atoms with Crippen molar-refractivity contribution in [2.24, 2.45) is 5.41 Å². The molecule has 0 N–H and O–H groups in total. The quantitative estimate of drug-likeness (QED) is 0.588. The summed E-state index contributed by atoms with van der Waals surface area (Å²) in [6.07, 6.45) is 8.16. The van der Waals surface area contributed by atoms with Gasteiger partial charge in [-0.3, -0.25) is 4.90 Å². The van der Waals surface area contributed by atoms with Crippen molar-refractivity contribution in [2.75, 3.05) is 13.1 Å². The van der Waals surface area contributed by atoms with Gasteiger partial charge in [-0.05, 0) is 62.3 Å². The van der Waals surface area contributed by atoms with Crippen LogP contribution in [0.2, 0.25) is 5.02 Å². The van der Waals surface area contributed by atoms with Crippen LogP contribution in [0.5, 0.6) is 0 Å². The highest BCUT2D eigenvalue weighted by Gasteiger charge is 2.28. The summed E-state index contributed by atoms with van der Waals surface area (Å²) in [6, 6.07) is 7.76. The molecule has 0 amide bonds. The van der Waals surface area contributed by atoms with Crippen molar-refractivity contribution in [3.8, 4) is 11.4 Å². The van der Waals surface area contributed by atoms with Crippen molar-refractivity contribution in [3.05, 3.63) is 57.9 Å². The summed E-state index contributed by atoms with van der Waals surface area (Å²) in [5.74, 6) is 0.800. The predicted molar refractivity (Wildman–Crippen MR) is 116 cm³/mol. The van der Waals surface area contributed by atoms with Crippen LogP contribution in [-0.4, -0.2) is 28.0 Å². The fourth-order valence-corrected chi connectivity index (χ4v) is 4.93. The normalized spacial score (nSPS) is 19.6. The first-order chi connectivity index (χ1) is 13.4. The van der Waals surface area contributed by atoms with Gasteiger partial charge in [0, 0.05) is 48.4 Å². The number of aromatic nitrogens is 2. The number of benzene rings is 1. The van der Waals surface area contributed by atoms with Crippen molar-refractivity contribution >= 4 is 11.6 Å². The second kappa shape index (κ2) is 7.96. The summed E-state index contributed by atoms with van der Waals surface area (Å²) in [5.41, 5.74) is 7.19. The minimum Gasteiger partial charge on any atom is -0.298 e. The van der Waals surface area contributed by atoms with Crippen LogP contribution < -0.4 is 0 Å². The molecule has 0 saturated heterocycles. The van der Waals surface area contributed by atoms with Gasteiger partial charge < -0.3 is 0 Å². The van der Waals surface area contributed by atoms with E-state index in [9.17, 15) is 0 Å². The highest BCUT2D eigenvalue weighted by atomic mass is 35.5. The Labute approximate surface area is 173 Å². The number of fused-ring (bicyclic) bond motifs is 1. The fourth-order valence-electron chi connectivity index (χ4n) is 4.80. The monoisotopic (exact) mass is 395 g/mol. The third kappa shape index (κ3) is 4.16. The molecule has 1 aromatic heterocycles. The lowest BCUT2D eigenvalue weighted by atomic mass is 9.71.